The van der Waals surface area contributed by atoms with Crippen LogP contribution < -0.4 is 10.2 Å². The first-order chi connectivity index (χ1) is 16.9. The highest BCUT2D eigenvalue weighted by Crippen LogP contribution is 2.56. The molecular weight excluding hydrogens is 441 g/mol. The van der Waals surface area contributed by atoms with Gasteiger partial charge in [-0.1, -0.05) is 24.3 Å². The molecule has 0 radical (unpaired) electrons. The second-order valence-electron chi connectivity index (χ2n) is 9.72. The summed E-state index contributed by atoms with van der Waals surface area (Å²) in [4.78, 5) is 13.2. The Hall–Kier alpha value is -4.11. The van der Waals surface area contributed by atoms with E-state index in [0.29, 0.717) is 25.1 Å². The molecule has 0 bridgehead atoms. The molecule has 2 aliphatic carbocycles. The van der Waals surface area contributed by atoms with Gasteiger partial charge in [0.05, 0.1) is 22.4 Å². The van der Waals surface area contributed by atoms with Crippen LogP contribution >= 0.6 is 0 Å². The van der Waals surface area contributed by atoms with Gasteiger partial charge in [0.25, 0.3) is 0 Å². The minimum Gasteiger partial charge on any atom is -0.478 e. The third-order valence-corrected chi connectivity index (χ3v) is 7.45. The number of allylic oxidation sites excluding steroid dienone is 5. The van der Waals surface area contributed by atoms with Gasteiger partial charge in [-0.3, -0.25) is 0 Å². The van der Waals surface area contributed by atoms with Gasteiger partial charge in [-0.05, 0) is 89.4 Å². The first-order valence-electron chi connectivity index (χ1n) is 11.8. The molecule has 1 saturated heterocycles. The van der Waals surface area contributed by atoms with Gasteiger partial charge < -0.3 is 15.3 Å². The Kier molecular flexibility index (Phi) is 4.72. The standard InChI is InChI=1S/C29H24FN3O2/c1-29-14-25(17-2-4-18(5-3-17)28(34)35)23-13-24(23)27(29)22(8-10-32-29)19-6-7-26(20(12-19)15-31)33-11-9-21(30)16-33/h2-8,10,12-14,21,24,32H,9,11,16H2,1H3,(H,34,35)/t21-,24?,29?/m0/s1. The topological polar surface area (TPSA) is 76.4 Å². The monoisotopic (exact) mass is 465 g/mol. The number of aromatic carboxylic acids is 1. The highest BCUT2D eigenvalue weighted by molar-refractivity contribution is 5.95. The number of fused-ring (bicyclic) bond motifs is 3. The number of alkyl halides is 1. The third kappa shape index (κ3) is 3.47. The van der Waals surface area contributed by atoms with Gasteiger partial charge in [0.2, 0.25) is 0 Å². The van der Waals surface area contributed by atoms with Gasteiger partial charge >= 0.3 is 5.97 Å². The molecule has 3 atom stereocenters. The zero-order valence-corrected chi connectivity index (χ0v) is 19.3. The lowest BCUT2D eigenvalue weighted by molar-refractivity contribution is 0.0697. The first-order valence-corrected chi connectivity index (χ1v) is 11.8. The molecule has 2 N–H and O–H groups in total. The Morgan fingerprint density at radius 3 is 2.69 bits per heavy atom. The van der Waals surface area contributed by atoms with E-state index in [2.05, 4.69) is 36.5 Å². The minimum atomic E-state index is -0.935. The molecule has 2 aromatic carbocycles. The number of carboxylic acids is 1. The summed E-state index contributed by atoms with van der Waals surface area (Å²) in [5.41, 5.74) is 7.85. The number of halogens is 1. The lowest BCUT2D eigenvalue weighted by atomic mass is 9.73. The number of carbonyl (C=O) groups is 1. The average Bonchev–Trinajstić information content (AvgIpc) is 3.54. The molecule has 2 aromatic rings. The zero-order chi connectivity index (χ0) is 24.3. The number of hydrogen-bond acceptors (Lipinski definition) is 4. The molecule has 5 nitrogen and oxygen atoms in total. The molecule has 35 heavy (non-hydrogen) atoms. The van der Waals surface area contributed by atoms with E-state index in [1.807, 2.05) is 41.4 Å². The lowest BCUT2D eigenvalue weighted by Crippen LogP contribution is -2.44. The van der Waals surface area contributed by atoms with Crippen LogP contribution in [0.15, 0.2) is 78.0 Å². The predicted molar refractivity (Wildman–Crippen MR) is 133 cm³/mol. The maximum Gasteiger partial charge on any atom is 0.335 e. The highest BCUT2D eigenvalue weighted by atomic mass is 19.1. The van der Waals surface area contributed by atoms with Gasteiger partial charge in [-0.15, -0.1) is 0 Å². The average molecular weight is 466 g/mol. The van der Waals surface area contributed by atoms with E-state index >= 15 is 0 Å². The number of benzene rings is 2. The Morgan fingerprint density at radius 2 is 2.00 bits per heavy atom. The van der Waals surface area contributed by atoms with Crippen molar-refractivity contribution in [1.82, 2.24) is 5.32 Å². The first kappa shape index (κ1) is 21.4. The Balaban J connectivity index is 1.39. The summed E-state index contributed by atoms with van der Waals surface area (Å²) in [5, 5.41) is 22.6. The van der Waals surface area contributed by atoms with Crippen LogP contribution in [0.4, 0.5) is 10.1 Å². The van der Waals surface area contributed by atoms with Crippen molar-refractivity contribution < 1.29 is 14.3 Å². The van der Waals surface area contributed by atoms with E-state index in [9.17, 15) is 19.6 Å². The summed E-state index contributed by atoms with van der Waals surface area (Å²) in [5.74, 6) is -0.752. The molecule has 0 amide bonds. The molecule has 0 aromatic heterocycles. The van der Waals surface area contributed by atoms with Crippen molar-refractivity contribution in [2.24, 2.45) is 5.92 Å². The summed E-state index contributed by atoms with van der Waals surface area (Å²) >= 11 is 0. The lowest BCUT2D eigenvalue weighted by Gasteiger charge is -2.39. The van der Waals surface area contributed by atoms with E-state index in [4.69, 9.17) is 0 Å². The summed E-state index contributed by atoms with van der Waals surface area (Å²) in [7, 11) is 0. The van der Waals surface area contributed by atoms with E-state index < -0.39 is 17.7 Å². The SMILES string of the molecule is CC12C=C(c3ccc(C(=O)O)cc3)C3=CC3C1=C(c1ccc(N3CC[C@H](F)C3)c(C#N)c1)C=CN2. The predicted octanol–water partition coefficient (Wildman–Crippen LogP) is 5.09. The van der Waals surface area contributed by atoms with Crippen LogP contribution in [0.25, 0.3) is 11.1 Å². The van der Waals surface area contributed by atoms with E-state index in [-0.39, 0.29) is 11.5 Å². The van der Waals surface area contributed by atoms with Crippen LogP contribution in [-0.2, 0) is 0 Å². The number of nitrogens with one attached hydrogen (secondary N) is 1. The molecule has 2 heterocycles. The quantitative estimate of drug-likeness (QED) is 0.658. The second kappa shape index (κ2) is 7.71. The maximum absolute atomic E-state index is 13.8. The minimum absolute atomic E-state index is 0.183. The van der Waals surface area contributed by atoms with Gasteiger partial charge in [0.15, 0.2) is 0 Å². The van der Waals surface area contributed by atoms with E-state index in [0.717, 1.165) is 28.0 Å². The fourth-order valence-corrected chi connectivity index (χ4v) is 5.65. The van der Waals surface area contributed by atoms with Crippen molar-refractivity contribution in [3.05, 3.63) is 100 Å². The number of hydrogen-bond donors (Lipinski definition) is 2. The molecule has 174 valence electrons. The molecule has 0 saturated carbocycles. The molecule has 6 rings (SSSR count). The van der Waals surface area contributed by atoms with E-state index in [1.54, 1.807) is 12.1 Å². The van der Waals surface area contributed by atoms with Crippen molar-refractivity contribution in [2.75, 3.05) is 18.0 Å². The third-order valence-electron chi connectivity index (χ3n) is 7.45. The number of anilines is 1. The molecule has 6 heteroatoms. The normalized spacial score (nSPS) is 26.3. The Bertz CT molecular complexity index is 1430. The van der Waals surface area contributed by atoms with Gasteiger partial charge in [0.1, 0.15) is 12.2 Å². The van der Waals surface area contributed by atoms with Crippen molar-refractivity contribution in [1.29, 1.82) is 5.26 Å². The number of nitrogens with zero attached hydrogens (tertiary/aromatic N) is 2. The van der Waals surface area contributed by atoms with Crippen molar-refractivity contribution >= 4 is 22.8 Å². The van der Waals surface area contributed by atoms with Crippen molar-refractivity contribution in [2.45, 2.75) is 25.1 Å². The number of nitriles is 1. The molecular formula is C29H24FN3O2. The maximum atomic E-state index is 13.8. The Labute approximate surface area is 203 Å². The zero-order valence-electron chi connectivity index (χ0n) is 19.3. The molecule has 2 aliphatic heterocycles. The Morgan fingerprint density at radius 1 is 1.23 bits per heavy atom. The smallest absolute Gasteiger partial charge is 0.335 e. The fourth-order valence-electron chi connectivity index (χ4n) is 5.65. The second-order valence-corrected chi connectivity index (χ2v) is 9.72. The van der Waals surface area contributed by atoms with Gasteiger partial charge in [-0.25, -0.2) is 9.18 Å². The summed E-state index contributed by atoms with van der Waals surface area (Å²) < 4.78 is 13.8. The van der Waals surface area contributed by atoms with Crippen molar-refractivity contribution in [3.8, 4) is 6.07 Å². The molecule has 4 aliphatic rings. The van der Waals surface area contributed by atoms with Crippen molar-refractivity contribution in [3.63, 3.8) is 0 Å². The fraction of sp³-hybridized carbons (Fsp3) is 0.241. The van der Waals surface area contributed by atoms with Crippen LogP contribution in [0.3, 0.4) is 0 Å². The van der Waals surface area contributed by atoms with Gasteiger partial charge in [0, 0.05) is 19.0 Å². The molecule has 2 unspecified atom stereocenters. The van der Waals surface area contributed by atoms with Crippen LogP contribution in [-0.4, -0.2) is 35.9 Å². The summed E-state index contributed by atoms with van der Waals surface area (Å²) in [6, 6.07) is 15.2. The highest BCUT2D eigenvalue weighted by Gasteiger charge is 2.47. The number of carboxylic acid groups (broad SMARTS) is 1. The van der Waals surface area contributed by atoms with Crippen LogP contribution in [0.2, 0.25) is 0 Å². The van der Waals surface area contributed by atoms with E-state index in [1.165, 1.54) is 11.1 Å². The van der Waals surface area contributed by atoms with Crippen LogP contribution in [0.5, 0.6) is 0 Å². The summed E-state index contributed by atoms with van der Waals surface area (Å²) in [6.45, 7) is 3.10. The van der Waals surface area contributed by atoms with Gasteiger partial charge in [-0.2, -0.15) is 5.26 Å². The number of dihydropyridines is 1. The summed E-state index contributed by atoms with van der Waals surface area (Å²) in [6.07, 6.45) is 8.11. The largest absolute Gasteiger partial charge is 0.478 e. The molecule has 0 spiro atoms. The molecule has 1 fully saturated rings. The van der Waals surface area contributed by atoms with Crippen LogP contribution in [0, 0.1) is 17.2 Å². The van der Waals surface area contributed by atoms with Crippen LogP contribution in [0.1, 0.15) is 40.4 Å². The number of rotatable bonds is 4.